The number of rotatable bonds is 6. The second-order valence-corrected chi connectivity index (χ2v) is 5.64. The van der Waals surface area contributed by atoms with E-state index in [1.807, 2.05) is 6.92 Å². The lowest BCUT2D eigenvalue weighted by atomic mass is 10.2. The molecule has 0 atom stereocenters. The Morgan fingerprint density at radius 2 is 2.14 bits per heavy atom. The molecule has 2 amide bonds. The van der Waals surface area contributed by atoms with Crippen LogP contribution < -0.4 is 14.8 Å². The molecule has 0 saturated carbocycles. The largest absolute Gasteiger partial charge is 0.490 e. The van der Waals surface area contributed by atoms with Crippen LogP contribution in [0.5, 0.6) is 11.5 Å². The van der Waals surface area contributed by atoms with Crippen LogP contribution in [0.1, 0.15) is 12.5 Å². The zero-order valence-electron chi connectivity index (χ0n) is 11.8. The molecule has 0 bridgehead atoms. The summed E-state index contributed by atoms with van der Waals surface area (Å²) in [4.78, 5) is 23.1. The van der Waals surface area contributed by atoms with Gasteiger partial charge in [0.2, 0.25) is 0 Å². The molecule has 1 heterocycles. The third kappa shape index (κ3) is 3.84. The van der Waals surface area contributed by atoms with Crippen molar-refractivity contribution in [3.05, 3.63) is 40.3 Å². The van der Waals surface area contributed by atoms with E-state index in [1.165, 1.54) is 0 Å². The molecule has 1 aromatic carbocycles. The quantitative estimate of drug-likeness (QED) is 0.633. The maximum Gasteiger partial charge on any atom is 0.290 e. The third-order valence-corrected chi connectivity index (χ3v) is 3.71. The summed E-state index contributed by atoms with van der Waals surface area (Å²) < 4.78 is 11.0. The zero-order valence-corrected chi connectivity index (χ0v) is 13.4. The summed E-state index contributed by atoms with van der Waals surface area (Å²) >= 11 is 7.06. The topological polar surface area (TPSA) is 64.6 Å². The van der Waals surface area contributed by atoms with Crippen LogP contribution in [0.4, 0.5) is 4.79 Å². The van der Waals surface area contributed by atoms with Gasteiger partial charge in [-0.05, 0) is 42.5 Å². The summed E-state index contributed by atoms with van der Waals surface area (Å²) in [5, 5.41) is 2.16. The van der Waals surface area contributed by atoms with Gasteiger partial charge < -0.3 is 9.47 Å². The number of thioether (sulfide) groups is 1. The molecule has 1 aromatic rings. The predicted octanol–water partition coefficient (Wildman–Crippen LogP) is 3.63. The normalized spacial score (nSPS) is 15.8. The minimum atomic E-state index is -0.420. The fourth-order valence-corrected chi connectivity index (χ4v) is 2.74. The van der Waals surface area contributed by atoms with Crippen LogP contribution in [0, 0.1) is 0 Å². The Labute approximate surface area is 137 Å². The van der Waals surface area contributed by atoms with Gasteiger partial charge >= 0.3 is 0 Å². The first kappa shape index (κ1) is 16.5. The zero-order chi connectivity index (χ0) is 16.1. The van der Waals surface area contributed by atoms with Gasteiger partial charge in [-0.15, -0.1) is 0 Å². The average molecular weight is 340 g/mol. The number of carbonyl (C=O) groups excluding carboxylic acids is 2. The van der Waals surface area contributed by atoms with E-state index in [4.69, 9.17) is 21.1 Å². The smallest absolute Gasteiger partial charge is 0.290 e. The number of hydrogen-bond acceptors (Lipinski definition) is 5. The van der Waals surface area contributed by atoms with E-state index in [1.54, 1.807) is 24.3 Å². The van der Waals surface area contributed by atoms with Crippen molar-refractivity contribution in [2.24, 2.45) is 0 Å². The maximum absolute atomic E-state index is 11.6. The summed E-state index contributed by atoms with van der Waals surface area (Å²) in [6.45, 7) is 6.17. The molecule has 1 aliphatic heterocycles. The first-order valence-corrected chi connectivity index (χ1v) is 7.69. The molecule has 0 aromatic heterocycles. The fraction of sp³-hybridized carbons (Fsp3) is 0.200. The summed E-state index contributed by atoms with van der Waals surface area (Å²) in [6, 6.07) is 3.35. The van der Waals surface area contributed by atoms with Gasteiger partial charge in [0.1, 0.15) is 6.61 Å². The van der Waals surface area contributed by atoms with Crippen LogP contribution >= 0.6 is 23.4 Å². The molecule has 116 valence electrons. The highest BCUT2D eigenvalue weighted by Crippen LogP contribution is 2.38. The lowest BCUT2D eigenvalue weighted by Gasteiger charge is -2.13. The van der Waals surface area contributed by atoms with Crippen LogP contribution in [0.25, 0.3) is 6.08 Å². The molecule has 5 nitrogen and oxygen atoms in total. The Kier molecular flexibility index (Phi) is 5.51. The number of ether oxygens (including phenoxy) is 2. The van der Waals surface area contributed by atoms with Crippen molar-refractivity contribution in [1.82, 2.24) is 5.32 Å². The van der Waals surface area contributed by atoms with Crippen molar-refractivity contribution in [3.8, 4) is 11.5 Å². The molecule has 22 heavy (non-hydrogen) atoms. The van der Waals surface area contributed by atoms with E-state index in [9.17, 15) is 9.59 Å². The van der Waals surface area contributed by atoms with Gasteiger partial charge in [-0.1, -0.05) is 24.3 Å². The number of hydrogen-bond donors (Lipinski definition) is 1. The summed E-state index contributed by atoms with van der Waals surface area (Å²) in [6.07, 6.45) is 3.18. The van der Waals surface area contributed by atoms with Crippen molar-refractivity contribution in [1.29, 1.82) is 0 Å². The number of benzene rings is 1. The molecule has 0 radical (unpaired) electrons. The Balaban J connectivity index is 2.37. The maximum atomic E-state index is 11.6. The van der Waals surface area contributed by atoms with Gasteiger partial charge in [-0.3, -0.25) is 14.9 Å². The Bertz CT molecular complexity index is 657. The van der Waals surface area contributed by atoms with Gasteiger partial charge in [-0.25, -0.2) is 0 Å². The molecular weight excluding hydrogens is 326 g/mol. The highest BCUT2D eigenvalue weighted by atomic mass is 35.5. The van der Waals surface area contributed by atoms with Gasteiger partial charge in [0.25, 0.3) is 11.1 Å². The van der Waals surface area contributed by atoms with Crippen molar-refractivity contribution in [2.45, 2.75) is 6.92 Å². The second kappa shape index (κ2) is 7.38. The van der Waals surface area contributed by atoms with Crippen LogP contribution in [-0.4, -0.2) is 24.4 Å². The van der Waals surface area contributed by atoms with E-state index >= 15 is 0 Å². The molecule has 1 fully saturated rings. The fourth-order valence-electron chi connectivity index (χ4n) is 1.79. The summed E-state index contributed by atoms with van der Waals surface area (Å²) in [5.41, 5.74) is 0.645. The third-order valence-electron chi connectivity index (χ3n) is 2.62. The van der Waals surface area contributed by atoms with E-state index in [-0.39, 0.29) is 0 Å². The van der Waals surface area contributed by atoms with Crippen LogP contribution in [-0.2, 0) is 4.79 Å². The van der Waals surface area contributed by atoms with E-state index in [0.29, 0.717) is 40.2 Å². The highest BCUT2D eigenvalue weighted by Gasteiger charge is 2.25. The van der Waals surface area contributed by atoms with Gasteiger partial charge in [0.05, 0.1) is 16.5 Å². The van der Waals surface area contributed by atoms with Gasteiger partial charge in [0.15, 0.2) is 11.5 Å². The first-order valence-electron chi connectivity index (χ1n) is 6.50. The number of halogens is 1. The van der Waals surface area contributed by atoms with Gasteiger partial charge in [0, 0.05) is 0 Å². The molecule has 0 spiro atoms. The van der Waals surface area contributed by atoms with Crippen molar-refractivity contribution in [3.63, 3.8) is 0 Å². The molecule has 0 aliphatic carbocycles. The lowest BCUT2D eigenvalue weighted by molar-refractivity contribution is -0.115. The minimum absolute atomic E-state index is 0.299. The molecule has 2 rings (SSSR count). The number of nitrogens with one attached hydrogen (secondary N) is 1. The second-order valence-electron chi connectivity index (χ2n) is 4.21. The summed E-state index contributed by atoms with van der Waals surface area (Å²) in [7, 11) is 0. The van der Waals surface area contributed by atoms with E-state index < -0.39 is 11.1 Å². The van der Waals surface area contributed by atoms with Crippen molar-refractivity contribution >= 4 is 40.6 Å². The molecule has 1 saturated heterocycles. The molecule has 0 unspecified atom stereocenters. The number of carbonyl (C=O) groups is 2. The van der Waals surface area contributed by atoms with Crippen LogP contribution in [0.2, 0.25) is 5.02 Å². The Morgan fingerprint density at radius 3 is 2.73 bits per heavy atom. The van der Waals surface area contributed by atoms with Crippen molar-refractivity contribution in [2.75, 3.05) is 13.2 Å². The minimum Gasteiger partial charge on any atom is -0.490 e. The van der Waals surface area contributed by atoms with Crippen LogP contribution in [0.3, 0.4) is 0 Å². The van der Waals surface area contributed by atoms with E-state index in [2.05, 4.69) is 11.9 Å². The van der Waals surface area contributed by atoms with Crippen LogP contribution in [0.15, 0.2) is 29.7 Å². The predicted molar refractivity (Wildman–Crippen MR) is 87.4 cm³/mol. The molecule has 1 N–H and O–H groups in total. The molecular formula is C15H14ClNO4S. The molecule has 7 heteroatoms. The molecule has 1 aliphatic rings. The monoisotopic (exact) mass is 339 g/mol. The first-order chi connectivity index (χ1) is 10.5. The number of imide groups is 1. The summed E-state index contributed by atoms with van der Waals surface area (Å²) in [5.74, 6) is 0.472. The highest BCUT2D eigenvalue weighted by molar-refractivity contribution is 8.18. The van der Waals surface area contributed by atoms with Gasteiger partial charge in [-0.2, -0.15) is 0 Å². The van der Waals surface area contributed by atoms with Crippen molar-refractivity contribution < 1.29 is 19.1 Å². The Hall–Kier alpha value is -1.92. The standard InChI is InChI=1S/C15H14ClNO4S/c1-3-5-21-13-10(16)6-9(7-11(13)20-4-2)8-12-14(18)17-15(19)22-12/h3,6-8H,1,4-5H2,2H3,(H,17,18,19)/b12-8-. The van der Waals surface area contributed by atoms with E-state index in [0.717, 1.165) is 11.8 Å². The number of amides is 2. The lowest BCUT2D eigenvalue weighted by Crippen LogP contribution is -2.17. The SMILES string of the molecule is C=CCOc1c(Cl)cc(/C=C2\SC(=O)NC2=O)cc1OCC. The Morgan fingerprint density at radius 1 is 1.36 bits per heavy atom. The average Bonchev–Trinajstić information content (AvgIpc) is 2.76.